The van der Waals surface area contributed by atoms with Crippen molar-refractivity contribution in [1.29, 1.82) is 0 Å². The zero-order chi connectivity index (χ0) is 17.3. The fourth-order valence-electron chi connectivity index (χ4n) is 2.86. The summed E-state index contributed by atoms with van der Waals surface area (Å²) in [5, 5.41) is 6.18. The molecule has 3 heterocycles. The maximum Gasteiger partial charge on any atom is 0.221 e. The molecule has 134 valence electrons. The molecule has 1 saturated heterocycles. The van der Waals surface area contributed by atoms with Crippen molar-refractivity contribution in [3.8, 4) is 0 Å². The molecule has 1 aliphatic rings. The Bertz CT molecular complexity index is 633. The number of rotatable bonds is 8. The van der Waals surface area contributed by atoms with Crippen LogP contribution in [0.4, 0.5) is 5.69 Å². The van der Waals surface area contributed by atoms with Crippen molar-refractivity contribution in [3.05, 3.63) is 48.7 Å². The Morgan fingerprint density at radius 2 is 2.32 bits per heavy atom. The van der Waals surface area contributed by atoms with Gasteiger partial charge in [0.15, 0.2) is 0 Å². The average molecular weight is 344 g/mol. The lowest BCUT2D eigenvalue weighted by Gasteiger charge is -2.35. The highest BCUT2D eigenvalue weighted by Gasteiger charge is 2.25. The summed E-state index contributed by atoms with van der Waals surface area (Å²) in [5.74, 6) is 0.0423. The van der Waals surface area contributed by atoms with Crippen LogP contribution in [-0.2, 0) is 16.1 Å². The van der Waals surface area contributed by atoms with E-state index in [2.05, 4.69) is 20.5 Å². The molecule has 1 atom stereocenters. The Morgan fingerprint density at radius 3 is 3.12 bits per heavy atom. The predicted octanol–water partition coefficient (Wildman–Crippen LogP) is 1.49. The van der Waals surface area contributed by atoms with Gasteiger partial charge >= 0.3 is 0 Å². The highest BCUT2D eigenvalue weighted by atomic mass is 16.5. The minimum atomic E-state index is 0.0423. The largest absolute Gasteiger partial charge is 0.472 e. The number of anilines is 1. The summed E-state index contributed by atoms with van der Waals surface area (Å²) in [5.41, 5.74) is 2.07. The second-order valence-electron chi connectivity index (χ2n) is 6.05. The number of carbonyl (C=O) groups is 1. The summed E-state index contributed by atoms with van der Waals surface area (Å²) in [6.45, 7) is 4.12. The van der Waals surface area contributed by atoms with E-state index in [4.69, 9.17) is 9.15 Å². The minimum absolute atomic E-state index is 0.0423. The van der Waals surface area contributed by atoms with Crippen LogP contribution in [0.2, 0.25) is 0 Å². The molecule has 1 amide bonds. The van der Waals surface area contributed by atoms with Crippen molar-refractivity contribution in [1.82, 2.24) is 15.2 Å². The molecule has 0 saturated carbocycles. The lowest BCUT2D eigenvalue weighted by Crippen LogP contribution is -2.47. The number of nitrogens with one attached hydrogen (secondary N) is 2. The molecule has 0 aromatic carbocycles. The zero-order valence-corrected chi connectivity index (χ0v) is 14.2. The molecule has 0 bridgehead atoms. The molecule has 2 aromatic rings. The lowest BCUT2D eigenvalue weighted by atomic mass is 10.1. The Labute approximate surface area is 147 Å². The smallest absolute Gasteiger partial charge is 0.221 e. The number of pyridine rings is 1. The third-order valence-electron chi connectivity index (χ3n) is 4.17. The first-order valence-electron chi connectivity index (χ1n) is 8.55. The number of hydrogen-bond donors (Lipinski definition) is 2. The van der Waals surface area contributed by atoms with Crippen molar-refractivity contribution in [2.75, 3.05) is 38.2 Å². The van der Waals surface area contributed by atoms with E-state index in [-0.39, 0.29) is 11.9 Å². The maximum absolute atomic E-state index is 12.2. The van der Waals surface area contributed by atoms with E-state index < -0.39 is 0 Å². The van der Waals surface area contributed by atoms with Crippen LogP contribution in [0.15, 0.2) is 47.5 Å². The van der Waals surface area contributed by atoms with Crippen LogP contribution in [0.1, 0.15) is 12.0 Å². The van der Waals surface area contributed by atoms with Gasteiger partial charge in [0.1, 0.15) is 0 Å². The highest BCUT2D eigenvalue weighted by Crippen LogP contribution is 2.15. The van der Waals surface area contributed by atoms with Crippen molar-refractivity contribution in [3.63, 3.8) is 0 Å². The SMILES string of the molecule is O=C(CC1COCCN1Cc1ccoc1)NCCNc1cccnc1. The molecule has 25 heavy (non-hydrogen) atoms. The van der Waals surface area contributed by atoms with Gasteiger partial charge in [0.25, 0.3) is 0 Å². The second-order valence-corrected chi connectivity index (χ2v) is 6.05. The molecule has 7 nitrogen and oxygen atoms in total. The van der Waals surface area contributed by atoms with E-state index in [0.29, 0.717) is 32.7 Å². The molecule has 1 unspecified atom stereocenters. The van der Waals surface area contributed by atoms with Gasteiger partial charge in [-0.1, -0.05) is 0 Å². The number of ether oxygens (including phenoxy) is 1. The van der Waals surface area contributed by atoms with Crippen LogP contribution in [0, 0.1) is 0 Å². The predicted molar refractivity (Wildman–Crippen MR) is 94.1 cm³/mol. The summed E-state index contributed by atoms with van der Waals surface area (Å²) < 4.78 is 10.7. The highest BCUT2D eigenvalue weighted by molar-refractivity contribution is 5.76. The van der Waals surface area contributed by atoms with Gasteiger partial charge in [-0.05, 0) is 18.2 Å². The molecule has 1 fully saturated rings. The Kier molecular flexibility index (Phi) is 6.42. The van der Waals surface area contributed by atoms with Gasteiger partial charge in [-0.3, -0.25) is 14.7 Å². The van der Waals surface area contributed by atoms with Gasteiger partial charge in [-0.15, -0.1) is 0 Å². The van der Waals surface area contributed by atoms with E-state index in [9.17, 15) is 4.79 Å². The first-order valence-corrected chi connectivity index (χ1v) is 8.55. The Hall–Kier alpha value is -2.38. The molecular weight excluding hydrogens is 320 g/mol. The van der Waals surface area contributed by atoms with Crippen LogP contribution < -0.4 is 10.6 Å². The molecule has 7 heteroatoms. The number of hydrogen-bond acceptors (Lipinski definition) is 6. The molecule has 3 rings (SSSR count). The van der Waals surface area contributed by atoms with Gasteiger partial charge in [0.05, 0.1) is 31.4 Å². The number of amides is 1. The molecule has 1 aliphatic heterocycles. The van der Waals surface area contributed by atoms with Crippen LogP contribution >= 0.6 is 0 Å². The van der Waals surface area contributed by atoms with Gasteiger partial charge in [-0.25, -0.2) is 0 Å². The van der Waals surface area contributed by atoms with Gasteiger partial charge in [0, 0.05) is 56.6 Å². The first-order chi connectivity index (χ1) is 12.3. The Morgan fingerprint density at radius 1 is 1.36 bits per heavy atom. The van der Waals surface area contributed by atoms with E-state index in [0.717, 1.165) is 24.3 Å². The number of carbonyl (C=O) groups excluding carboxylic acids is 1. The molecule has 0 radical (unpaired) electrons. The van der Waals surface area contributed by atoms with E-state index in [1.165, 1.54) is 0 Å². The fourth-order valence-corrected chi connectivity index (χ4v) is 2.86. The third-order valence-corrected chi connectivity index (χ3v) is 4.17. The van der Waals surface area contributed by atoms with Crippen molar-refractivity contribution >= 4 is 11.6 Å². The first kappa shape index (κ1) is 17.4. The minimum Gasteiger partial charge on any atom is -0.472 e. The molecule has 2 N–H and O–H groups in total. The zero-order valence-electron chi connectivity index (χ0n) is 14.2. The van der Waals surface area contributed by atoms with Gasteiger partial charge in [0.2, 0.25) is 5.91 Å². The Balaban J connectivity index is 1.39. The topological polar surface area (TPSA) is 79.6 Å². The number of morpholine rings is 1. The quantitative estimate of drug-likeness (QED) is 0.707. The summed E-state index contributed by atoms with van der Waals surface area (Å²) in [6, 6.07) is 5.87. The van der Waals surface area contributed by atoms with Crippen LogP contribution in [0.5, 0.6) is 0 Å². The van der Waals surface area contributed by atoms with Crippen molar-refractivity contribution in [2.24, 2.45) is 0 Å². The fraction of sp³-hybridized carbons (Fsp3) is 0.444. The van der Waals surface area contributed by atoms with E-state index in [1.54, 1.807) is 24.9 Å². The standard InChI is InChI=1S/C18H24N4O3/c23-18(21-6-5-20-16-2-1-4-19-11-16)10-17-14-25-9-7-22(17)12-15-3-8-24-13-15/h1-4,8,11,13,17,20H,5-7,9-10,12,14H2,(H,21,23). The van der Waals surface area contributed by atoms with Crippen LogP contribution in [0.3, 0.4) is 0 Å². The van der Waals surface area contributed by atoms with Gasteiger partial charge in [-0.2, -0.15) is 0 Å². The maximum atomic E-state index is 12.2. The number of nitrogens with zero attached hydrogens (tertiary/aromatic N) is 2. The average Bonchev–Trinajstić information content (AvgIpc) is 3.14. The van der Waals surface area contributed by atoms with E-state index >= 15 is 0 Å². The summed E-state index contributed by atoms with van der Waals surface area (Å²) in [6.07, 6.45) is 7.34. The summed E-state index contributed by atoms with van der Waals surface area (Å²) in [7, 11) is 0. The number of aromatic nitrogens is 1. The molecule has 0 aliphatic carbocycles. The molecule has 2 aromatic heterocycles. The van der Waals surface area contributed by atoms with Crippen LogP contribution in [-0.4, -0.2) is 54.7 Å². The van der Waals surface area contributed by atoms with E-state index in [1.807, 2.05) is 18.2 Å². The van der Waals surface area contributed by atoms with Crippen molar-refractivity contribution < 1.29 is 13.9 Å². The third kappa shape index (κ3) is 5.58. The van der Waals surface area contributed by atoms with Crippen LogP contribution in [0.25, 0.3) is 0 Å². The lowest BCUT2D eigenvalue weighted by molar-refractivity contribution is -0.124. The van der Waals surface area contributed by atoms with Crippen molar-refractivity contribution in [2.45, 2.75) is 19.0 Å². The summed E-state index contributed by atoms with van der Waals surface area (Å²) >= 11 is 0. The molecule has 0 spiro atoms. The monoisotopic (exact) mass is 344 g/mol. The summed E-state index contributed by atoms with van der Waals surface area (Å²) in [4.78, 5) is 18.5. The second kappa shape index (κ2) is 9.19. The van der Waals surface area contributed by atoms with Gasteiger partial charge < -0.3 is 19.8 Å². The molecular formula is C18H24N4O3. The normalized spacial score (nSPS) is 18.0. The number of furan rings is 1.